The van der Waals surface area contributed by atoms with Crippen LogP contribution in [0, 0.1) is 0 Å². The molecule has 0 fully saturated rings. The van der Waals surface area contributed by atoms with Gasteiger partial charge in [0.25, 0.3) is 0 Å². The Labute approximate surface area is 162 Å². The largest absolute Gasteiger partial charge is 0.493 e. The molecule has 142 valence electrons. The van der Waals surface area contributed by atoms with Gasteiger partial charge < -0.3 is 24.3 Å². The van der Waals surface area contributed by atoms with Gasteiger partial charge in [-0.1, -0.05) is 23.7 Å². The maximum absolute atomic E-state index is 12.1. The first-order chi connectivity index (χ1) is 13.1. The summed E-state index contributed by atoms with van der Waals surface area (Å²) in [5.41, 5.74) is 0.721. The SMILES string of the molecule is COc1cc(C=CC(=O)NCC2COc3ccccc3O2)cc(Cl)c1OC. The fraction of sp³-hybridized carbons (Fsp3) is 0.250. The van der Waals surface area contributed by atoms with E-state index < -0.39 is 0 Å². The Morgan fingerprint density at radius 3 is 2.78 bits per heavy atom. The fourth-order valence-corrected chi connectivity index (χ4v) is 2.94. The fourth-order valence-electron chi connectivity index (χ4n) is 2.64. The summed E-state index contributed by atoms with van der Waals surface area (Å²) < 4.78 is 21.9. The molecule has 0 aromatic heterocycles. The molecule has 1 N–H and O–H groups in total. The van der Waals surface area contributed by atoms with Gasteiger partial charge in [0, 0.05) is 6.08 Å². The van der Waals surface area contributed by atoms with Crippen LogP contribution in [-0.4, -0.2) is 39.4 Å². The van der Waals surface area contributed by atoms with E-state index in [9.17, 15) is 4.79 Å². The van der Waals surface area contributed by atoms with Crippen molar-refractivity contribution >= 4 is 23.6 Å². The maximum atomic E-state index is 12.1. The summed E-state index contributed by atoms with van der Waals surface area (Å²) in [5, 5.41) is 3.21. The number of methoxy groups -OCH3 is 2. The third-order valence-electron chi connectivity index (χ3n) is 3.95. The van der Waals surface area contributed by atoms with Crippen LogP contribution in [-0.2, 0) is 4.79 Å². The van der Waals surface area contributed by atoms with Crippen LogP contribution in [0.25, 0.3) is 6.08 Å². The summed E-state index contributed by atoms with van der Waals surface area (Å²) in [6, 6.07) is 10.9. The smallest absolute Gasteiger partial charge is 0.244 e. The molecule has 1 amide bonds. The minimum Gasteiger partial charge on any atom is -0.493 e. The van der Waals surface area contributed by atoms with Gasteiger partial charge in [0.1, 0.15) is 12.7 Å². The molecule has 0 bridgehead atoms. The zero-order chi connectivity index (χ0) is 19.2. The van der Waals surface area contributed by atoms with Crippen LogP contribution in [0.5, 0.6) is 23.0 Å². The lowest BCUT2D eigenvalue weighted by atomic mass is 10.2. The normalized spacial score (nSPS) is 15.4. The van der Waals surface area contributed by atoms with Gasteiger partial charge in [-0.2, -0.15) is 0 Å². The summed E-state index contributed by atoms with van der Waals surface area (Å²) in [6.07, 6.45) is 2.83. The molecule has 0 radical (unpaired) electrons. The molecule has 6 nitrogen and oxygen atoms in total. The van der Waals surface area contributed by atoms with Crippen LogP contribution < -0.4 is 24.3 Å². The Morgan fingerprint density at radius 1 is 1.26 bits per heavy atom. The Kier molecular flexibility index (Phi) is 6.08. The van der Waals surface area contributed by atoms with E-state index in [1.165, 1.54) is 20.3 Å². The topological polar surface area (TPSA) is 66.0 Å². The second-order valence-electron chi connectivity index (χ2n) is 5.81. The molecule has 3 rings (SSSR count). The van der Waals surface area contributed by atoms with Crippen molar-refractivity contribution in [1.29, 1.82) is 0 Å². The lowest BCUT2D eigenvalue weighted by molar-refractivity contribution is -0.116. The number of hydrogen-bond acceptors (Lipinski definition) is 5. The molecule has 1 heterocycles. The molecule has 1 aliphatic heterocycles. The quantitative estimate of drug-likeness (QED) is 0.768. The molecule has 0 aliphatic carbocycles. The first kappa shape index (κ1) is 18.9. The molecule has 0 saturated carbocycles. The molecule has 27 heavy (non-hydrogen) atoms. The number of ether oxygens (including phenoxy) is 4. The number of para-hydroxylation sites is 2. The van der Waals surface area contributed by atoms with Gasteiger partial charge in [-0.15, -0.1) is 0 Å². The van der Waals surface area contributed by atoms with Crippen LogP contribution in [0.3, 0.4) is 0 Å². The second kappa shape index (κ2) is 8.68. The third-order valence-corrected chi connectivity index (χ3v) is 4.24. The van der Waals surface area contributed by atoms with Gasteiger partial charge in [-0.25, -0.2) is 0 Å². The van der Waals surface area contributed by atoms with E-state index in [1.54, 1.807) is 18.2 Å². The van der Waals surface area contributed by atoms with E-state index in [-0.39, 0.29) is 12.0 Å². The summed E-state index contributed by atoms with van der Waals surface area (Å²) in [4.78, 5) is 12.1. The van der Waals surface area contributed by atoms with E-state index in [2.05, 4.69) is 5.32 Å². The minimum atomic E-state index is -0.247. The van der Waals surface area contributed by atoms with Crippen molar-refractivity contribution in [3.05, 3.63) is 53.1 Å². The van der Waals surface area contributed by atoms with E-state index in [0.717, 1.165) is 5.56 Å². The minimum absolute atomic E-state index is 0.243. The van der Waals surface area contributed by atoms with Crippen LogP contribution in [0.15, 0.2) is 42.5 Å². The third kappa shape index (κ3) is 4.65. The Morgan fingerprint density at radius 2 is 2.04 bits per heavy atom. The lowest BCUT2D eigenvalue weighted by Gasteiger charge is -2.26. The highest BCUT2D eigenvalue weighted by Gasteiger charge is 2.20. The van der Waals surface area contributed by atoms with Crippen molar-refractivity contribution in [2.75, 3.05) is 27.4 Å². The van der Waals surface area contributed by atoms with E-state index in [0.29, 0.717) is 41.2 Å². The van der Waals surface area contributed by atoms with Crippen molar-refractivity contribution in [3.8, 4) is 23.0 Å². The molecule has 7 heteroatoms. The predicted octanol–water partition coefficient (Wildman–Crippen LogP) is 3.33. The van der Waals surface area contributed by atoms with Gasteiger partial charge in [0.2, 0.25) is 5.91 Å². The zero-order valence-corrected chi connectivity index (χ0v) is 15.8. The van der Waals surface area contributed by atoms with Crippen molar-refractivity contribution in [2.24, 2.45) is 0 Å². The highest BCUT2D eigenvalue weighted by Crippen LogP contribution is 2.36. The lowest BCUT2D eigenvalue weighted by Crippen LogP contribution is -2.40. The highest BCUT2D eigenvalue weighted by atomic mass is 35.5. The first-order valence-corrected chi connectivity index (χ1v) is 8.74. The number of nitrogens with one attached hydrogen (secondary N) is 1. The van der Waals surface area contributed by atoms with Crippen molar-refractivity contribution in [2.45, 2.75) is 6.10 Å². The van der Waals surface area contributed by atoms with Gasteiger partial charge in [-0.3, -0.25) is 4.79 Å². The summed E-state index contributed by atoms with van der Waals surface area (Å²) >= 11 is 6.16. The van der Waals surface area contributed by atoms with Gasteiger partial charge >= 0.3 is 0 Å². The Balaban J connectivity index is 1.56. The zero-order valence-electron chi connectivity index (χ0n) is 15.0. The van der Waals surface area contributed by atoms with Crippen molar-refractivity contribution in [3.63, 3.8) is 0 Å². The number of hydrogen-bond donors (Lipinski definition) is 1. The molecular formula is C20H20ClNO5. The van der Waals surface area contributed by atoms with Crippen LogP contribution in [0.4, 0.5) is 0 Å². The molecule has 2 aromatic rings. The average Bonchev–Trinajstić information content (AvgIpc) is 2.70. The summed E-state index contributed by atoms with van der Waals surface area (Å²) in [6.45, 7) is 0.719. The average molecular weight is 390 g/mol. The van der Waals surface area contributed by atoms with E-state index in [1.807, 2.05) is 24.3 Å². The Hall–Kier alpha value is -2.86. The molecule has 1 unspecified atom stereocenters. The molecule has 1 aliphatic rings. The first-order valence-electron chi connectivity index (χ1n) is 8.36. The number of benzene rings is 2. The second-order valence-corrected chi connectivity index (χ2v) is 6.22. The van der Waals surface area contributed by atoms with E-state index in [4.69, 9.17) is 30.5 Å². The van der Waals surface area contributed by atoms with Crippen LogP contribution >= 0.6 is 11.6 Å². The highest BCUT2D eigenvalue weighted by molar-refractivity contribution is 6.32. The molecule has 2 aromatic carbocycles. The van der Waals surface area contributed by atoms with Crippen molar-refractivity contribution in [1.82, 2.24) is 5.32 Å². The van der Waals surface area contributed by atoms with Crippen LogP contribution in [0.1, 0.15) is 5.56 Å². The van der Waals surface area contributed by atoms with E-state index >= 15 is 0 Å². The van der Waals surface area contributed by atoms with Gasteiger partial charge in [-0.05, 0) is 35.9 Å². The number of halogens is 1. The molecule has 0 spiro atoms. The van der Waals surface area contributed by atoms with Crippen molar-refractivity contribution < 1.29 is 23.7 Å². The molecular weight excluding hydrogens is 370 g/mol. The number of carbonyl (C=O) groups is 1. The molecule has 1 atom stereocenters. The summed E-state index contributed by atoms with van der Waals surface area (Å²) in [7, 11) is 3.04. The standard InChI is InChI=1S/C20H20ClNO5/c1-24-18-10-13(9-15(21)20(18)25-2)7-8-19(23)22-11-14-12-26-16-5-3-4-6-17(16)27-14/h3-10,14H,11-12H2,1-2H3,(H,22,23). The predicted molar refractivity (Wildman–Crippen MR) is 103 cm³/mol. The molecule has 0 saturated heterocycles. The maximum Gasteiger partial charge on any atom is 0.244 e. The van der Waals surface area contributed by atoms with Gasteiger partial charge in [0.15, 0.2) is 23.0 Å². The number of rotatable bonds is 6. The monoisotopic (exact) mass is 389 g/mol. The number of carbonyl (C=O) groups excluding carboxylic acids is 1. The Bertz CT molecular complexity index is 852. The van der Waals surface area contributed by atoms with Crippen LogP contribution in [0.2, 0.25) is 5.02 Å². The summed E-state index contributed by atoms with van der Waals surface area (Å²) in [5.74, 6) is 2.10. The number of fused-ring (bicyclic) bond motifs is 1. The number of amides is 1. The van der Waals surface area contributed by atoms with Gasteiger partial charge in [0.05, 0.1) is 25.8 Å².